The molecule has 1 aromatic carbocycles. The van der Waals surface area contributed by atoms with Gasteiger partial charge < -0.3 is 15.0 Å². The maximum atomic E-state index is 12.3. The second-order valence-corrected chi connectivity index (χ2v) is 5.49. The third kappa shape index (κ3) is 3.89. The van der Waals surface area contributed by atoms with Gasteiger partial charge in [-0.3, -0.25) is 9.78 Å². The topological polar surface area (TPSA) is 78.2 Å². The van der Waals surface area contributed by atoms with Crippen molar-refractivity contribution in [2.75, 3.05) is 31.2 Å². The average molecular weight is 322 g/mol. The Hall–Kier alpha value is -2.91. The monoisotopic (exact) mass is 322 g/mol. The van der Waals surface area contributed by atoms with Crippen molar-refractivity contribution in [2.24, 2.45) is 0 Å². The number of nitrogens with one attached hydrogen (secondary N) is 1. The largest absolute Gasteiger partial charge is 0.378 e. The number of carbonyl (C=O) groups is 1. The first-order valence-electron chi connectivity index (χ1n) is 7.82. The van der Waals surface area contributed by atoms with Crippen LogP contribution in [0.25, 0.3) is 0 Å². The molecule has 2 aromatic rings. The van der Waals surface area contributed by atoms with E-state index < -0.39 is 0 Å². The minimum Gasteiger partial charge on any atom is -0.378 e. The van der Waals surface area contributed by atoms with Gasteiger partial charge in [-0.05, 0) is 29.8 Å². The highest BCUT2D eigenvalue weighted by Crippen LogP contribution is 2.16. The van der Waals surface area contributed by atoms with Gasteiger partial charge in [0.2, 0.25) is 0 Å². The first kappa shape index (κ1) is 16.0. The summed E-state index contributed by atoms with van der Waals surface area (Å²) in [6, 6.07) is 13.0. The molecular formula is C18H18N4O2. The first-order valence-corrected chi connectivity index (χ1v) is 7.82. The van der Waals surface area contributed by atoms with Crippen LogP contribution in [-0.4, -0.2) is 37.2 Å². The Kier molecular flexibility index (Phi) is 5.04. The predicted molar refractivity (Wildman–Crippen MR) is 89.6 cm³/mol. The zero-order valence-corrected chi connectivity index (χ0v) is 13.2. The number of nitrogens with zero attached hydrogens (tertiary/aromatic N) is 3. The maximum absolute atomic E-state index is 12.3. The molecule has 1 aromatic heterocycles. The van der Waals surface area contributed by atoms with Gasteiger partial charge >= 0.3 is 0 Å². The Bertz CT molecular complexity index is 764. The van der Waals surface area contributed by atoms with Crippen LogP contribution in [0, 0.1) is 11.3 Å². The molecule has 6 heteroatoms. The summed E-state index contributed by atoms with van der Waals surface area (Å²) in [6.45, 7) is 3.37. The second kappa shape index (κ2) is 7.57. The fraction of sp³-hybridized carbons (Fsp3) is 0.278. The highest BCUT2D eigenvalue weighted by molar-refractivity contribution is 5.93. The molecule has 6 nitrogen and oxygen atoms in total. The van der Waals surface area contributed by atoms with Gasteiger partial charge in [0.15, 0.2) is 0 Å². The van der Waals surface area contributed by atoms with Crippen LogP contribution in [0.2, 0.25) is 0 Å². The Morgan fingerprint density at radius 3 is 2.92 bits per heavy atom. The fourth-order valence-corrected chi connectivity index (χ4v) is 2.59. The lowest BCUT2D eigenvalue weighted by atomic mass is 10.1. The number of anilines is 1. The third-order valence-corrected chi connectivity index (χ3v) is 3.86. The molecule has 1 saturated heterocycles. The number of nitriles is 1. The van der Waals surface area contributed by atoms with E-state index in [1.165, 1.54) is 0 Å². The van der Waals surface area contributed by atoms with Gasteiger partial charge in [-0.15, -0.1) is 0 Å². The van der Waals surface area contributed by atoms with Crippen LogP contribution >= 0.6 is 0 Å². The molecule has 0 radical (unpaired) electrons. The van der Waals surface area contributed by atoms with E-state index in [1.807, 2.05) is 12.1 Å². The third-order valence-electron chi connectivity index (χ3n) is 3.86. The van der Waals surface area contributed by atoms with Crippen molar-refractivity contribution in [3.63, 3.8) is 0 Å². The Labute approximate surface area is 140 Å². The summed E-state index contributed by atoms with van der Waals surface area (Å²) < 4.78 is 5.35. The van der Waals surface area contributed by atoms with E-state index in [9.17, 15) is 4.79 Å². The Morgan fingerprint density at radius 2 is 2.12 bits per heavy atom. The van der Waals surface area contributed by atoms with Crippen molar-refractivity contribution in [1.82, 2.24) is 10.3 Å². The number of benzene rings is 1. The van der Waals surface area contributed by atoms with Crippen molar-refractivity contribution in [2.45, 2.75) is 6.54 Å². The quantitative estimate of drug-likeness (QED) is 0.927. The average Bonchev–Trinajstić information content (AvgIpc) is 2.67. The van der Waals surface area contributed by atoms with E-state index in [2.05, 4.69) is 21.3 Å². The van der Waals surface area contributed by atoms with Gasteiger partial charge in [-0.25, -0.2) is 0 Å². The summed E-state index contributed by atoms with van der Waals surface area (Å²) in [7, 11) is 0. The van der Waals surface area contributed by atoms with Gasteiger partial charge in [0.1, 0.15) is 5.69 Å². The summed E-state index contributed by atoms with van der Waals surface area (Å²) in [5.41, 5.74) is 2.82. The van der Waals surface area contributed by atoms with Crippen LogP contribution in [0.5, 0.6) is 0 Å². The molecule has 0 spiro atoms. The van der Waals surface area contributed by atoms with Gasteiger partial charge in [-0.2, -0.15) is 5.26 Å². The van der Waals surface area contributed by atoms with E-state index in [0.717, 1.165) is 24.3 Å². The molecule has 0 atom stereocenters. The van der Waals surface area contributed by atoms with Crippen molar-refractivity contribution >= 4 is 11.6 Å². The maximum Gasteiger partial charge on any atom is 0.270 e. The summed E-state index contributed by atoms with van der Waals surface area (Å²) in [5, 5.41) is 11.8. The van der Waals surface area contributed by atoms with Crippen LogP contribution < -0.4 is 10.2 Å². The molecule has 0 saturated carbocycles. The molecule has 1 fully saturated rings. The standard InChI is InChI=1S/C18H18N4O2/c19-12-14-2-1-3-15(10-14)13-21-18(23)17-11-16(4-5-20-17)22-6-8-24-9-7-22/h1-5,10-11H,6-9,13H2,(H,21,23). The minimum atomic E-state index is -0.229. The predicted octanol–water partition coefficient (Wildman–Crippen LogP) is 1.72. The molecule has 0 bridgehead atoms. The molecule has 1 N–H and O–H groups in total. The van der Waals surface area contributed by atoms with Gasteiger partial charge in [-0.1, -0.05) is 12.1 Å². The highest BCUT2D eigenvalue weighted by atomic mass is 16.5. The van der Waals surface area contributed by atoms with E-state index in [1.54, 1.807) is 30.5 Å². The van der Waals surface area contributed by atoms with Crippen LogP contribution in [0.1, 0.15) is 21.6 Å². The smallest absolute Gasteiger partial charge is 0.270 e. The lowest BCUT2D eigenvalue weighted by molar-refractivity contribution is 0.0946. The normalized spacial score (nSPS) is 14.0. The highest BCUT2D eigenvalue weighted by Gasteiger charge is 2.14. The van der Waals surface area contributed by atoms with Crippen LogP contribution in [-0.2, 0) is 11.3 Å². The summed E-state index contributed by atoms with van der Waals surface area (Å²) in [4.78, 5) is 18.7. The van der Waals surface area contributed by atoms with Gasteiger partial charge in [0, 0.05) is 31.5 Å². The van der Waals surface area contributed by atoms with E-state index in [0.29, 0.717) is 31.0 Å². The van der Waals surface area contributed by atoms with E-state index >= 15 is 0 Å². The van der Waals surface area contributed by atoms with Gasteiger partial charge in [0.05, 0.1) is 24.8 Å². The number of aromatic nitrogens is 1. The van der Waals surface area contributed by atoms with Crippen LogP contribution in [0.4, 0.5) is 5.69 Å². The van der Waals surface area contributed by atoms with Crippen molar-refractivity contribution < 1.29 is 9.53 Å². The van der Waals surface area contributed by atoms with Gasteiger partial charge in [0.25, 0.3) is 5.91 Å². The molecule has 24 heavy (non-hydrogen) atoms. The number of hydrogen-bond donors (Lipinski definition) is 1. The molecule has 2 heterocycles. The summed E-state index contributed by atoms with van der Waals surface area (Å²) in [6.07, 6.45) is 1.65. The van der Waals surface area contributed by atoms with E-state index in [4.69, 9.17) is 10.00 Å². The Morgan fingerprint density at radius 1 is 1.29 bits per heavy atom. The number of amides is 1. The van der Waals surface area contributed by atoms with E-state index in [-0.39, 0.29) is 5.91 Å². The molecule has 3 rings (SSSR count). The molecule has 1 amide bonds. The number of ether oxygens (including phenoxy) is 1. The SMILES string of the molecule is N#Cc1cccc(CNC(=O)c2cc(N3CCOCC3)ccn2)c1. The number of pyridine rings is 1. The fourth-order valence-electron chi connectivity index (χ4n) is 2.59. The second-order valence-electron chi connectivity index (χ2n) is 5.49. The summed E-state index contributed by atoms with van der Waals surface area (Å²) >= 11 is 0. The lowest BCUT2D eigenvalue weighted by Crippen LogP contribution is -2.36. The van der Waals surface area contributed by atoms with Crippen LogP contribution in [0.15, 0.2) is 42.6 Å². The summed E-state index contributed by atoms with van der Waals surface area (Å²) in [5.74, 6) is -0.229. The molecule has 1 aliphatic rings. The van der Waals surface area contributed by atoms with Crippen LogP contribution in [0.3, 0.4) is 0 Å². The zero-order chi connectivity index (χ0) is 16.8. The first-order chi connectivity index (χ1) is 11.8. The Balaban J connectivity index is 1.65. The molecule has 1 aliphatic heterocycles. The van der Waals surface area contributed by atoms with Crippen molar-refractivity contribution in [3.8, 4) is 6.07 Å². The molecular weight excluding hydrogens is 304 g/mol. The van der Waals surface area contributed by atoms with Crippen molar-refractivity contribution in [3.05, 3.63) is 59.4 Å². The zero-order valence-electron chi connectivity index (χ0n) is 13.2. The molecule has 0 aliphatic carbocycles. The number of morpholine rings is 1. The van der Waals surface area contributed by atoms with Crippen molar-refractivity contribution in [1.29, 1.82) is 5.26 Å². The molecule has 0 unspecified atom stereocenters. The molecule has 122 valence electrons. The minimum absolute atomic E-state index is 0.229. The number of rotatable bonds is 4. The lowest BCUT2D eigenvalue weighted by Gasteiger charge is -2.28. The number of carbonyl (C=O) groups excluding carboxylic acids is 1. The number of hydrogen-bond acceptors (Lipinski definition) is 5.